The number of rotatable bonds is 4. The second kappa shape index (κ2) is 6.42. The van der Waals surface area contributed by atoms with Crippen LogP contribution in [0.1, 0.15) is 6.42 Å². The van der Waals surface area contributed by atoms with Crippen LogP contribution in [0, 0.1) is 0 Å². The summed E-state index contributed by atoms with van der Waals surface area (Å²) in [7, 11) is 1.61. The highest BCUT2D eigenvalue weighted by Gasteiger charge is 2.13. The number of carbonyl (C=O) groups excluding carboxylic acids is 2. The van der Waals surface area contributed by atoms with Crippen molar-refractivity contribution in [2.24, 2.45) is 0 Å². The van der Waals surface area contributed by atoms with Gasteiger partial charge in [0.05, 0.1) is 6.42 Å². The lowest BCUT2D eigenvalue weighted by molar-refractivity contribution is -0.124. The molecule has 0 atom stereocenters. The first kappa shape index (κ1) is 13.7. The number of allylic oxidation sites excluding steroid dienone is 1. The zero-order valence-corrected chi connectivity index (χ0v) is 10.7. The van der Waals surface area contributed by atoms with E-state index in [2.05, 4.69) is 0 Å². The molecule has 0 fully saturated rings. The zero-order valence-electron chi connectivity index (χ0n) is 9.19. The van der Waals surface area contributed by atoms with Crippen molar-refractivity contribution >= 4 is 40.6 Å². The fourth-order valence-corrected chi connectivity index (χ4v) is 1.48. The molecular formula is C12H11Cl2NO2. The van der Waals surface area contributed by atoms with Gasteiger partial charge in [0.15, 0.2) is 5.78 Å². The van der Waals surface area contributed by atoms with Gasteiger partial charge in [-0.05, 0) is 12.1 Å². The van der Waals surface area contributed by atoms with Gasteiger partial charge in [0.2, 0.25) is 5.91 Å². The van der Waals surface area contributed by atoms with Crippen LogP contribution >= 0.6 is 23.2 Å². The molecule has 1 aromatic rings. The predicted molar refractivity (Wildman–Crippen MR) is 69.3 cm³/mol. The number of ketones is 1. The van der Waals surface area contributed by atoms with Crippen molar-refractivity contribution in [2.75, 3.05) is 11.9 Å². The first-order valence-electron chi connectivity index (χ1n) is 4.88. The summed E-state index contributed by atoms with van der Waals surface area (Å²) in [5, 5.41) is 0. The molecule has 0 heterocycles. The number of benzene rings is 1. The number of amides is 1. The number of anilines is 1. The Morgan fingerprint density at radius 1 is 1.24 bits per heavy atom. The molecule has 0 aliphatic carbocycles. The SMILES string of the molecule is CN(C(=O)CC(=O)C=C(Cl)Cl)c1ccccc1. The van der Waals surface area contributed by atoms with Gasteiger partial charge in [0.25, 0.3) is 0 Å². The van der Waals surface area contributed by atoms with Gasteiger partial charge >= 0.3 is 0 Å². The monoisotopic (exact) mass is 271 g/mol. The van der Waals surface area contributed by atoms with E-state index < -0.39 is 5.78 Å². The molecule has 90 valence electrons. The Bertz CT molecular complexity index is 439. The van der Waals surface area contributed by atoms with Crippen molar-refractivity contribution in [3.63, 3.8) is 0 Å². The standard InChI is InChI=1S/C12H11Cl2NO2/c1-15(9-5-3-2-4-6-9)12(17)8-10(16)7-11(13)14/h2-7H,8H2,1H3. The molecule has 0 radical (unpaired) electrons. The lowest BCUT2D eigenvalue weighted by atomic mass is 10.2. The maximum atomic E-state index is 11.7. The maximum absolute atomic E-state index is 11.7. The average molecular weight is 272 g/mol. The number of halogens is 2. The molecule has 0 N–H and O–H groups in total. The highest BCUT2D eigenvalue weighted by Crippen LogP contribution is 2.13. The fourth-order valence-electron chi connectivity index (χ4n) is 1.24. The van der Waals surface area contributed by atoms with Crippen molar-refractivity contribution in [1.82, 2.24) is 0 Å². The second-order valence-electron chi connectivity index (χ2n) is 3.37. The number of nitrogens with zero attached hydrogens (tertiary/aromatic N) is 1. The summed E-state index contributed by atoms with van der Waals surface area (Å²) in [6, 6.07) is 9.05. The Balaban J connectivity index is 2.66. The Kier molecular flexibility index (Phi) is 5.19. The van der Waals surface area contributed by atoms with E-state index >= 15 is 0 Å². The summed E-state index contributed by atoms with van der Waals surface area (Å²) in [5.41, 5.74) is 0.728. The molecule has 0 unspecified atom stereocenters. The van der Waals surface area contributed by atoms with Gasteiger partial charge in [-0.1, -0.05) is 41.4 Å². The van der Waals surface area contributed by atoms with E-state index in [1.165, 1.54) is 4.90 Å². The Labute approximate surface area is 110 Å². The third-order valence-corrected chi connectivity index (χ3v) is 2.33. The average Bonchev–Trinajstić information content (AvgIpc) is 2.28. The topological polar surface area (TPSA) is 37.4 Å². The van der Waals surface area contributed by atoms with E-state index in [0.717, 1.165) is 11.8 Å². The minimum absolute atomic E-state index is 0.148. The van der Waals surface area contributed by atoms with Crippen LogP contribution in [0.4, 0.5) is 5.69 Å². The Hall–Kier alpha value is -1.32. The summed E-state index contributed by atoms with van der Waals surface area (Å²) in [6.07, 6.45) is 0.772. The molecule has 3 nitrogen and oxygen atoms in total. The summed E-state index contributed by atoms with van der Waals surface area (Å²) in [4.78, 5) is 24.4. The molecule has 5 heteroatoms. The van der Waals surface area contributed by atoms with Gasteiger partial charge in [-0.15, -0.1) is 0 Å². The molecule has 1 aromatic carbocycles. The molecular weight excluding hydrogens is 261 g/mol. The molecule has 1 amide bonds. The summed E-state index contributed by atoms with van der Waals surface area (Å²) in [5.74, 6) is -0.732. The minimum Gasteiger partial charge on any atom is -0.315 e. The number of carbonyl (C=O) groups is 2. The summed E-state index contributed by atoms with van der Waals surface area (Å²) < 4.78 is -0.148. The van der Waals surface area contributed by atoms with Gasteiger partial charge in [-0.3, -0.25) is 9.59 Å². The summed E-state index contributed by atoms with van der Waals surface area (Å²) in [6.45, 7) is 0. The van der Waals surface area contributed by atoms with Crippen molar-refractivity contribution in [2.45, 2.75) is 6.42 Å². The third-order valence-electron chi connectivity index (χ3n) is 2.11. The van der Waals surface area contributed by atoms with Gasteiger partial charge in [0.1, 0.15) is 4.49 Å². The van der Waals surface area contributed by atoms with E-state index in [1.807, 2.05) is 18.2 Å². The van der Waals surface area contributed by atoms with Gasteiger partial charge in [0, 0.05) is 18.8 Å². The van der Waals surface area contributed by atoms with E-state index in [-0.39, 0.29) is 16.8 Å². The van der Waals surface area contributed by atoms with Crippen molar-refractivity contribution < 1.29 is 9.59 Å². The molecule has 1 rings (SSSR count). The fraction of sp³-hybridized carbons (Fsp3) is 0.167. The molecule has 0 saturated carbocycles. The Morgan fingerprint density at radius 3 is 2.35 bits per heavy atom. The molecule has 0 aliphatic heterocycles. The molecule has 17 heavy (non-hydrogen) atoms. The molecule has 0 aromatic heterocycles. The van der Waals surface area contributed by atoms with Crippen LogP contribution in [-0.2, 0) is 9.59 Å². The normalized spacial score (nSPS) is 9.59. The Morgan fingerprint density at radius 2 is 1.82 bits per heavy atom. The van der Waals surface area contributed by atoms with Crippen LogP contribution in [0.5, 0.6) is 0 Å². The highest BCUT2D eigenvalue weighted by atomic mass is 35.5. The minimum atomic E-state index is -0.419. The maximum Gasteiger partial charge on any atom is 0.234 e. The van der Waals surface area contributed by atoms with Crippen LogP contribution < -0.4 is 4.90 Å². The van der Waals surface area contributed by atoms with Crippen LogP contribution in [-0.4, -0.2) is 18.7 Å². The highest BCUT2D eigenvalue weighted by molar-refractivity contribution is 6.56. The smallest absolute Gasteiger partial charge is 0.234 e. The van der Waals surface area contributed by atoms with Crippen LogP contribution in [0.3, 0.4) is 0 Å². The lowest BCUT2D eigenvalue weighted by Gasteiger charge is -2.16. The lowest BCUT2D eigenvalue weighted by Crippen LogP contribution is -2.27. The van der Waals surface area contributed by atoms with Crippen LogP contribution in [0.25, 0.3) is 0 Å². The zero-order chi connectivity index (χ0) is 12.8. The molecule has 0 saturated heterocycles. The van der Waals surface area contributed by atoms with Gasteiger partial charge in [-0.25, -0.2) is 0 Å². The number of hydrogen-bond acceptors (Lipinski definition) is 2. The van der Waals surface area contributed by atoms with Gasteiger partial charge < -0.3 is 4.90 Å². The largest absolute Gasteiger partial charge is 0.315 e. The van der Waals surface area contributed by atoms with Crippen molar-refractivity contribution in [3.8, 4) is 0 Å². The molecule has 0 bridgehead atoms. The van der Waals surface area contributed by atoms with E-state index in [0.29, 0.717) is 0 Å². The number of para-hydroxylation sites is 1. The third kappa shape index (κ3) is 4.59. The predicted octanol–water partition coefficient (Wildman–Crippen LogP) is 2.93. The summed E-state index contributed by atoms with van der Waals surface area (Å²) >= 11 is 10.7. The second-order valence-corrected chi connectivity index (χ2v) is 4.37. The van der Waals surface area contributed by atoms with E-state index in [1.54, 1.807) is 19.2 Å². The van der Waals surface area contributed by atoms with Crippen molar-refractivity contribution in [1.29, 1.82) is 0 Å². The van der Waals surface area contributed by atoms with Gasteiger partial charge in [-0.2, -0.15) is 0 Å². The number of hydrogen-bond donors (Lipinski definition) is 0. The van der Waals surface area contributed by atoms with E-state index in [4.69, 9.17) is 23.2 Å². The van der Waals surface area contributed by atoms with Crippen LogP contribution in [0.15, 0.2) is 40.9 Å². The first-order chi connectivity index (χ1) is 8.00. The molecule has 0 spiro atoms. The quantitative estimate of drug-likeness (QED) is 0.624. The van der Waals surface area contributed by atoms with Crippen LogP contribution in [0.2, 0.25) is 0 Å². The first-order valence-corrected chi connectivity index (χ1v) is 5.63. The van der Waals surface area contributed by atoms with E-state index in [9.17, 15) is 9.59 Å². The molecule has 0 aliphatic rings. The van der Waals surface area contributed by atoms with Crippen molar-refractivity contribution in [3.05, 3.63) is 40.9 Å².